The number of rotatable bonds is 7. The predicted octanol–water partition coefficient (Wildman–Crippen LogP) is 4.02. The van der Waals surface area contributed by atoms with Crippen LogP contribution in [-0.4, -0.2) is 21.4 Å². The highest BCUT2D eigenvalue weighted by Crippen LogP contribution is 2.28. The minimum Gasteiger partial charge on any atom is -0.858 e. The maximum atomic E-state index is 12.8. The molecular formula is C22H20ClN2O4S-. The molecule has 30 heavy (non-hydrogen) atoms. The molecule has 1 N–H and O–H groups in total. The summed E-state index contributed by atoms with van der Waals surface area (Å²) in [5.74, 6) is -0.155. The molecule has 8 heteroatoms. The Morgan fingerprint density at radius 1 is 1.07 bits per heavy atom. The third-order valence-corrected chi connectivity index (χ3v) is 6.09. The molecule has 0 heterocycles. The van der Waals surface area contributed by atoms with Crippen molar-refractivity contribution in [1.29, 1.82) is 0 Å². The van der Waals surface area contributed by atoms with Crippen molar-refractivity contribution in [2.24, 2.45) is 4.99 Å². The van der Waals surface area contributed by atoms with Crippen LogP contribution in [0.5, 0.6) is 5.75 Å². The van der Waals surface area contributed by atoms with Gasteiger partial charge in [0.1, 0.15) is 5.75 Å². The van der Waals surface area contributed by atoms with Gasteiger partial charge in [-0.25, -0.2) is 8.42 Å². The second-order valence-electron chi connectivity index (χ2n) is 6.47. The monoisotopic (exact) mass is 443 g/mol. The maximum Gasteiger partial charge on any atom is 0.261 e. The Hall–Kier alpha value is -3.03. The zero-order chi connectivity index (χ0) is 21.7. The molecule has 0 aliphatic heterocycles. The van der Waals surface area contributed by atoms with E-state index in [4.69, 9.17) is 16.3 Å². The number of benzene rings is 3. The summed E-state index contributed by atoms with van der Waals surface area (Å²) in [6.45, 7) is 1.80. The summed E-state index contributed by atoms with van der Waals surface area (Å²) in [4.78, 5) is 4.16. The molecule has 0 saturated heterocycles. The van der Waals surface area contributed by atoms with E-state index in [-0.39, 0.29) is 27.2 Å². The van der Waals surface area contributed by atoms with Crippen LogP contribution in [0, 0.1) is 0 Å². The van der Waals surface area contributed by atoms with E-state index >= 15 is 0 Å². The number of anilines is 1. The van der Waals surface area contributed by atoms with Gasteiger partial charge < -0.3 is 9.84 Å². The molecule has 0 aromatic heterocycles. The quantitative estimate of drug-likeness (QED) is 0.441. The predicted molar refractivity (Wildman–Crippen MR) is 117 cm³/mol. The second-order valence-corrected chi connectivity index (χ2v) is 8.56. The third-order valence-electron chi connectivity index (χ3n) is 4.43. The van der Waals surface area contributed by atoms with Crippen molar-refractivity contribution in [3.63, 3.8) is 0 Å². The number of nitrogens with one attached hydrogen (secondary N) is 1. The first kappa shape index (κ1) is 21.7. The van der Waals surface area contributed by atoms with Gasteiger partial charge in [0, 0.05) is 5.56 Å². The Morgan fingerprint density at radius 3 is 2.40 bits per heavy atom. The van der Waals surface area contributed by atoms with E-state index in [0.717, 1.165) is 5.56 Å². The van der Waals surface area contributed by atoms with Gasteiger partial charge in [-0.1, -0.05) is 60.1 Å². The van der Waals surface area contributed by atoms with Crippen molar-refractivity contribution in [3.05, 3.63) is 88.9 Å². The Balaban J connectivity index is 1.91. The van der Waals surface area contributed by atoms with E-state index in [1.54, 1.807) is 19.1 Å². The molecule has 3 aromatic rings. The lowest BCUT2D eigenvalue weighted by Crippen LogP contribution is -2.23. The van der Waals surface area contributed by atoms with Crippen molar-refractivity contribution in [3.8, 4) is 5.75 Å². The van der Waals surface area contributed by atoms with Crippen molar-refractivity contribution < 1.29 is 18.3 Å². The Morgan fingerprint density at radius 2 is 1.73 bits per heavy atom. The highest BCUT2D eigenvalue weighted by Gasteiger charge is 2.18. The first-order valence-corrected chi connectivity index (χ1v) is 10.9. The van der Waals surface area contributed by atoms with Gasteiger partial charge in [0.2, 0.25) is 0 Å². The molecule has 0 saturated carbocycles. The van der Waals surface area contributed by atoms with Crippen LogP contribution in [0.1, 0.15) is 24.1 Å². The third kappa shape index (κ3) is 4.93. The molecule has 6 nitrogen and oxygen atoms in total. The van der Waals surface area contributed by atoms with Crippen LogP contribution in [0.4, 0.5) is 5.69 Å². The van der Waals surface area contributed by atoms with Crippen molar-refractivity contribution in [2.75, 3.05) is 11.8 Å². The normalized spacial score (nSPS) is 13.0. The fraction of sp³-hybridized carbons (Fsp3) is 0.136. The number of sulfonamides is 1. The van der Waals surface area contributed by atoms with Gasteiger partial charge in [0.25, 0.3) is 10.0 Å². The summed E-state index contributed by atoms with van der Waals surface area (Å²) < 4.78 is 33.1. The van der Waals surface area contributed by atoms with E-state index in [1.807, 2.05) is 30.3 Å². The van der Waals surface area contributed by atoms with Gasteiger partial charge in [0.15, 0.2) is 0 Å². The van der Waals surface area contributed by atoms with E-state index in [0.29, 0.717) is 5.75 Å². The second kappa shape index (κ2) is 9.19. The molecular weight excluding hydrogens is 424 g/mol. The van der Waals surface area contributed by atoms with Crippen LogP contribution < -0.4 is 14.6 Å². The fourth-order valence-corrected chi connectivity index (χ4v) is 4.26. The molecule has 156 valence electrons. The zero-order valence-corrected chi connectivity index (χ0v) is 17.9. The van der Waals surface area contributed by atoms with Crippen LogP contribution in [0.25, 0.3) is 0 Å². The standard InChI is InChI=1S/C22H21ClN2O4S/c1-15(16-8-4-3-5-9-16)24-22(26)18-10-6-7-11-20(18)25-30(27,28)17-12-13-21(29-2)19(23)14-17/h3-15,25H,1-2H3,(H,24,26)/p-1/t15-/m1/s1. The smallest absolute Gasteiger partial charge is 0.261 e. The minimum atomic E-state index is -3.98. The minimum absolute atomic E-state index is 0.0508. The molecule has 3 aromatic carbocycles. The lowest BCUT2D eigenvalue weighted by atomic mass is 10.1. The number of hydrogen-bond acceptors (Lipinski definition) is 5. The van der Waals surface area contributed by atoms with Gasteiger partial charge in [-0.05, 0) is 42.7 Å². The van der Waals surface area contributed by atoms with Crippen molar-refractivity contribution in [1.82, 2.24) is 0 Å². The Kier molecular flexibility index (Phi) is 6.64. The molecule has 3 rings (SSSR count). The van der Waals surface area contributed by atoms with Gasteiger partial charge in [0.05, 0.1) is 28.8 Å². The fourth-order valence-electron chi connectivity index (χ4n) is 2.83. The summed E-state index contributed by atoms with van der Waals surface area (Å²) in [6.07, 6.45) is 0. The lowest BCUT2D eigenvalue weighted by molar-refractivity contribution is -0.213. The number of hydrogen-bond donors (Lipinski definition) is 1. The summed E-state index contributed by atoms with van der Waals surface area (Å²) >= 11 is 6.05. The van der Waals surface area contributed by atoms with E-state index in [2.05, 4.69) is 9.71 Å². The SMILES string of the molecule is COc1ccc(S(=O)(=O)Nc2ccccc2C([O-])=N[C@H](C)c2ccccc2)cc1Cl. The molecule has 0 radical (unpaired) electrons. The van der Waals surface area contributed by atoms with Crippen LogP contribution >= 0.6 is 11.6 Å². The Bertz CT molecular complexity index is 1160. The molecule has 0 bridgehead atoms. The van der Waals surface area contributed by atoms with Crippen LogP contribution in [0.2, 0.25) is 5.02 Å². The summed E-state index contributed by atoms with van der Waals surface area (Å²) in [5, 5.41) is 12.9. The number of methoxy groups -OCH3 is 1. The van der Waals surface area contributed by atoms with Crippen LogP contribution in [0.3, 0.4) is 0 Å². The molecule has 0 unspecified atom stereocenters. The number of halogens is 1. The number of nitrogens with zero attached hydrogens (tertiary/aromatic N) is 1. The van der Waals surface area contributed by atoms with E-state index in [1.165, 1.54) is 37.4 Å². The lowest BCUT2D eigenvalue weighted by Gasteiger charge is -2.19. The molecule has 0 aliphatic carbocycles. The number of para-hydroxylation sites is 1. The molecule has 0 spiro atoms. The van der Waals surface area contributed by atoms with Gasteiger partial charge in [-0.15, -0.1) is 0 Å². The highest BCUT2D eigenvalue weighted by molar-refractivity contribution is 7.92. The maximum absolute atomic E-state index is 12.8. The van der Waals surface area contributed by atoms with Crippen LogP contribution in [-0.2, 0) is 10.0 Å². The van der Waals surface area contributed by atoms with Crippen molar-refractivity contribution in [2.45, 2.75) is 17.9 Å². The van der Waals surface area contributed by atoms with Crippen molar-refractivity contribution >= 4 is 33.2 Å². The highest BCUT2D eigenvalue weighted by atomic mass is 35.5. The van der Waals surface area contributed by atoms with Gasteiger partial charge in [-0.3, -0.25) is 9.71 Å². The van der Waals surface area contributed by atoms with Gasteiger partial charge >= 0.3 is 0 Å². The molecule has 0 amide bonds. The number of ether oxygens (including phenoxy) is 1. The van der Waals surface area contributed by atoms with E-state index < -0.39 is 15.9 Å². The largest absolute Gasteiger partial charge is 0.858 e. The number of aliphatic imine (C=N–C) groups is 1. The molecule has 0 aliphatic rings. The zero-order valence-electron chi connectivity index (χ0n) is 16.4. The van der Waals surface area contributed by atoms with E-state index in [9.17, 15) is 13.5 Å². The topological polar surface area (TPSA) is 90.8 Å². The summed E-state index contributed by atoms with van der Waals surface area (Å²) in [5.41, 5.74) is 1.18. The first-order valence-electron chi connectivity index (χ1n) is 9.07. The average molecular weight is 444 g/mol. The van der Waals surface area contributed by atoms with Crippen LogP contribution in [0.15, 0.2) is 82.7 Å². The first-order chi connectivity index (χ1) is 14.3. The summed E-state index contributed by atoms with van der Waals surface area (Å²) in [7, 11) is -2.54. The molecule has 0 fully saturated rings. The van der Waals surface area contributed by atoms with Gasteiger partial charge in [-0.2, -0.15) is 0 Å². The summed E-state index contributed by atoms with van der Waals surface area (Å²) in [6, 6.07) is 19.5. The average Bonchev–Trinajstić information content (AvgIpc) is 2.74. The molecule has 1 atom stereocenters. The Labute approximate surface area is 180 Å².